The van der Waals surface area contributed by atoms with Gasteiger partial charge in [0.15, 0.2) is 0 Å². The van der Waals surface area contributed by atoms with Crippen LogP contribution in [0.5, 0.6) is 0 Å². The second kappa shape index (κ2) is 6.37. The summed E-state index contributed by atoms with van der Waals surface area (Å²) in [5.41, 5.74) is 1.93. The number of carbonyl (C=O) groups excluding carboxylic acids is 2. The highest BCUT2D eigenvalue weighted by atomic mass is 16.5. The predicted molar refractivity (Wildman–Crippen MR) is 89.6 cm³/mol. The number of amides is 2. The summed E-state index contributed by atoms with van der Waals surface area (Å²) in [7, 11) is 0. The van der Waals surface area contributed by atoms with Gasteiger partial charge < -0.3 is 9.72 Å². The SMILES string of the molecule is O=C1CC(c2c[nH]c3ccccc23)C(=O)N1CCN1CCOCC1. The minimum Gasteiger partial charge on any atom is -0.379 e. The van der Waals surface area contributed by atoms with E-state index in [2.05, 4.69) is 9.88 Å². The minimum absolute atomic E-state index is 0.0662. The number of carbonyl (C=O) groups is 2. The topological polar surface area (TPSA) is 65.6 Å². The molecule has 0 aliphatic carbocycles. The number of likely N-dealkylation sites (tertiary alicyclic amines) is 1. The second-order valence-corrected chi connectivity index (χ2v) is 6.38. The fraction of sp³-hybridized carbons (Fsp3) is 0.444. The summed E-state index contributed by atoms with van der Waals surface area (Å²) in [5.74, 6) is -0.500. The lowest BCUT2D eigenvalue weighted by Gasteiger charge is -2.28. The monoisotopic (exact) mass is 327 g/mol. The van der Waals surface area contributed by atoms with E-state index in [0.717, 1.165) is 49.3 Å². The molecule has 2 aliphatic heterocycles. The molecular weight excluding hydrogens is 306 g/mol. The van der Waals surface area contributed by atoms with E-state index in [9.17, 15) is 9.59 Å². The molecule has 24 heavy (non-hydrogen) atoms. The molecular formula is C18H21N3O3. The number of hydrogen-bond donors (Lipinski definition) is 1. The quantitative estimate of drug-likeness (QED) is 0.861. The highest BCUT2D eigenvalue weighted by molar-refractivity contribution is 6.07. The van der Waals surface area contributed by atoms with Crippen molar-refractivity contribution in [3.05, 3.63) is 36.0 Å². The predicted octanol–water partition coefficient (Wildman–Crippen LogP) is 1.34. The summed E-state index contributed by atoms with van der Waals surface area (Å²) >= 11 is 0. The maximum absolute atomic E-state index is 12.8. The van der Waals surface area contributed by atoms with E-state index in [1.807, 2.05) is 30.5 Å². The number of nitrogens with one attached hydrogen (secondary N) is 1. The van der Waals surface area contributed by atoms with E-state index in [1.165, 1.54) is 4.90 Å². The van der Waals surface area contributed by atoms with E-state index in [0.29, 0.717) is 6.54 Å². The number of aromatic nitrogens is 1. The van der Waals surface area contributed by atoms with Crippen LogP contribution in [0.4, 0.5) is 0 Å². The Hall–Kier alpha value is -2.18. The lowest BCUT2D eigenvalue weighted by Crippen LogP contribution is -2.43. The van der Waals surface area contributed by atoms with Gasteiger partial charge >= 0.3 is 0 Å². The van der Waals surface area contributed by atoms with Crippen LogP contribution in [-0.4, -0.2) is 66.0 Å². The van der Waals surface area contributed by atoms with E-state index in [4.69, 9.17) is 4.74 Å². The summed E-state index contributed by atoms with van der Waals surface area (Å²) < 4.78 is 5.33. The Kier molecular flexibility index (Phi) is 4.08. The average molecular weight is 327 g/mol. The molecule has 0 bridgehead atoms. The van der Waals surface area contributed by atoms with E-state index in [-0.39, 0.29) is 24.2 Å². The van der Waals surface area contributed by atoms with Crippen LogP contribution in [0.15, 0.2) is 30.5 Å². The molecule has 0 radical (unpaired) electrons. The number of fused-ring (bicyclic) bond motifs is 1. The van der Waals surface area contributed by atoms with Gasteiger partial charge in [-0.15, -0.1) is 0 Å². The molecule has 1 aromatic carbocycles. The van der Waals surface area contributed by atoms with E-state index in [1.54, 1.807) is 0 Å². The second-order valence-electron chi connectivity index (χ2n) is 6.38. The lowest BCUT2D eigenvalue weighted by molar-refractivity contribution is -0.139. The number of ether oxygens (including phenoxy) is 1. The molecule has 6 nitrogen and oxygen atoms in total. The van der Waals surface area contributed by atoms with Crippen LogP contribution < -0.4 is 0 Å². The molecule has 126 valence electrons. The van der Waals surface area contributed by atoms with Crippen LogP contribution in [0.1, 0.15) is 17.9 Å². The van der Waals surface area contributed by atoms with E-state index < -0.39 is 0 Å². The van der Waals surface area contributed by atoms with Gasteiger partial charge in [-0.1, -0.05) is 18.2 Å². The fourth-order valence-electron chi connectivity index (χ4n) is 3.61. The van der Waals surface area contributed by atoms with Crippen molar-refractivity contribution in [1.82, 2.24) is 14.8 Å². The number of nitrogens with zero attached hydrogens (tertiary/aromatic N) is 2. The van der Waals surface area contributed by atoms with Crippen molar-refractivity contribution in [2.24, 2.45) is 0 Å². The Labute approximate surface area is 140 Å². The first-order valence-electron chi connectivity index (χ1n) is 8.44. The number of morpholine rings is 1. The third-order valence-electron chi connectivity index (χ3n) is 4.98. The number of rotatable bonds is 4. The molecule has 3 heterocycles. The van der Waals surface area contributed by atoms with Crippen LogP contribution in [-0.2, 0) is 14.3 Å². The van der Waals surface area contributed by atoms with Gasteiger partial charge in [-0.3, -0.25) is 19.4 Å². The number of imide groups is 1. The molecule has 1 N–H and O–H groups in total. The summed E-state index contributed by atoms with van der Waals surface area (Å²) in [6, 6.07) is 7.89. The highest BCUT2D eigenvalue weighted by Crippen LogP contribution is 2.34. The molecule has 1 aromatic heterocycles. The van der Waals surface area contributed by atoms with Crippen molar-refractivity contribution in [1.29, 1.82) is 0 Å². The van der Waals surface area contributed by atoms with Gasteiger partial charge in [0.1, 0.15) is 0 Å². The van der Waals surface area contributed by atoms with Crippen molar-refractivity contribution in [2.45, 2.75) is 12.3 Å². The highest BCUT2D eigenvalue weighted by Gasteiger charge is 2.40. The normalized spacial score (nSPS) is 22.7. The molecule has 1 atom stereocenters. The maximum Gasteiger partial charge on any atom is 0.237 e. The van der Waals surface area contributed by atoms with E-state index >= 15 is 0 Å². The first-order chi connectivity index (χ1) is 11.7. The Morgan fingerprint density at radius 1 is 1.12 bits per heavy atom. The van der Waals surface area contributed by atoms with Gasteiger partial charge in [-0.2, -0.15) is 0 Å². The third-order valence-corrected chi connectivity index (χ3v) is 4.98. The first-order valence-corrected chi connectivity index (χ1v) is 8.44. The number of hydrogen-bond acceptors (Lipinski definition) is 4. The zero-order valence-electron chi connectivity index (χ0n) is 13.5. The van der Waals surface area contributed by atoms with Gasteiger partial charge in [0.05, 0.1) is 19.1 Å². The molecule has 0 spiro atoms. The molecule has 2 amide bonds. The van der Waals surface area contributed by atoms with Crippen LogP contribution >= 0.6 is 0 Å². The van der Waals surface area contributed by atoms with Gasteiger partial charge in [-0.05, 0) is 11.6 Å². The van der Waals surface area contributed by atoms with Crippen molar-refractivity contribution in [2.75, 3.05) is 39.4 Å². The Balaban J connectivity index is 1.48. The fourth-order valence-corrected chi connectivity index (χ4v) is 3.61. The third kappa shape index (κ3) is 2.72. The number of H-pyrrole nitrogens is 1. The number of benzene rings is 1. The molecule has 2 saturated heterocycles. The smallest absolute Gasteiger partial charge is 0.237 e. The molecule has 1 unspecified atom stereocenters. The summed E-state index contributed by atoms with van der Waals surface area (Å²) in [4.78, 5) is 32.0. The summed E-state index contributed by atoms with van der Waals surface area (Å²) in [6.07, 6.45) is 2.13. The molecule has 4 rings (SSSR count). The van der Waals surface area contributed by atoms with Gasteiger partial charge in [-0.25, -0.2) is 0 Å². The summed E-state index contributed by atoms with van der Waals surface area (Å²) in [6.45, 7) is 4.36. The standard InChI is InChI=1S/C18H21N3O3/c22-17-11-14(15-12-19-16-4-2-1-3-13(15)16)18(23)21(17)6-5-20-7-9-24-10-8-20/h1-4,12,14,19H,5-11H2. The molecule has 2 aromatic rings. The van der Waals surface area contributed by atoms with Crippen LogP contribution in [0.25, 0.3) is 10.9 Å². The Morgan fingerprint density at radius 3 is 2.75 bits per heavy atom. The van der Waals surface area contributed by atoms with Gasteiger partial charge in [0.2, 0.25) is 11.8 Å². The van der Waals surface area contributed by atoms with Crippen LogP contribution in [0, 0.1) is 0 Å². The van der Waals surface area contributed by atoms with Crippen molar-refractivity contribution >= 4 is 22.7 Å². The van der Waals surface area contributed by atoms with Gasteiger partial charge in [0.25, 0.3) is 0 Å². The Morgan fingerprint density at radius 2 is 1.92 bits per heavy atom. The largest absolute Gasteiger partial charge is 0.379 e. The number of aromatic amines is 1. The molecule has 2 fully saturated rings. The first kappa shape index (κ1) is 15.4. The van der Waals surface area contributed by atoms with Gasteiger partial charge in [0, 0.05) is 49.7 Å². The lowest BCUT2D eigenvalue weighted by atomic mass is 9.97. The summed E-state index contributed by atoms with van der Waals surface area (Å²) in [5, 5.41) is 1.03. The van der Waals surface area contributed by atoms with Crippen LogP contribution in [0.2, 0.25) is 0 Å². The zero-order valence-corrected chi connectivity index (χ0v) is 13.5. The molecule has 2 aliphatic rings. The zero-order chi connectivity index (χ0) is 16.5. The number of para-hydroxylation sites is 1. The van der Waals surface area contributed by atoms with Crippen LogP contribution in [0.3, 0.4) is 0 Å². The minimum atomic E-state index is -0.363. The maximum atomic E-state index is 12.8. The van der Waals surface area contributed by atoms with Crippen molar-refractivity contribution < 1.29 is 14.3 Å². The molecule has 6 heteroatoms. The van der Waals surface area contributed by atoms with Crippen molar-refractivity contribution in [3.8, 4) is 0 Å². The Bertz CT molecular complexity index is 764. The molecule has 0 saturated carbocycles. The van der Waals surface area contributed by atoms with Crippen molar-refractivity contribution in [3.63, 3.8) is 0 Å². The average Bonchev–Trinajstić information content (AvgIpc) is 3.15.